The molecule has 2 aromatic rings. The molecule has 0 aliphatic carbocycles. The van der Waals surface area contributed by atoms with Gasteiger partial charge in [-0.15, -0.1) is 23.5 Å². The fourth-order valence-corrected chi connectivity index (χ4v) is 7.69. The van der Waals surface area contributed by atoms with Crippen molar-refractivity contribution in [3.63, 3.8) is 0 Å². The number of imidazole rings is 1. The van der Waals surface area contributed by atoms with Crippen molar-refractivity contribution >= 4 is 23.5 Å². The molecule has 0 radical (unpaired) electrons. The zero-order valence-corrected chi connectivity index (χ0v) is 17.8. The first-order chi connectivity index (χ1) is 12.7. The molecule has 1 aliphatic rings. The maximum atomic E-state index is 4.17. The van der Waals surface area contributed by atoms with Gasteiger partial charge in [0.15, 0.2) is 0 Å². The number of aryl methyl sites for hydroxylation is 2. The Kier molecular flexibility index (Phi) is 7.56. The zero-order chi connectivity index (χ0) is 18.2. The summed E-state index contributed by atoms with van der Waals surface area (Å²) in [5, 5.41) is 0.772. The monoisotopic (exact) mass is 388 g/mol. The maximum Gasteiger partial charge on any atom is 0.0945 e. The number of unbranched alkanes of at least 4 members (excludes halogenated alkanes) is 1. The maximum absolute atomic E-state index is 4.17. The van der Waals surface area contributed by atoms with Crippen molar-refractivity contribution in [2.75, 3.05) is 5.75 Å². The van der Waals surface area contributed by atoms with Crippen molar-refractivity contribution < 1.29 is 0 Å². The molecule has 2 unspecified atom stereocenters. The quantitative estimate of drug-likeness (QED) is 0.509. The average molecular weight is 389 g/mol. The predicted octanol–water partition coefficient (Wildman–Crippen LogP) is 6.20. The highest BCUT2D eigenvalue weighted by Crippen LogP contribution is 2.50. The van der Waals surface area contributed by atoms with Gasteiger partial charge in [0.2, 0.25) is 0 Å². The molecule has 2 heterocycles. The zero-order valence-electron chi connectivity index (χ0n) is 16.2. The lowest BCUT2D eigenvalue weighted by Crippen LogP contribution is -2.31. The second kappa shape index (κ2) is 9.89. The van der Waals surface area contributed by atoms with Gasteiger partial charge in [0, 0.05) is 24.2 Å². The second-order valence-corrected chi connectivity index (χ2v) is 11.0. The van der Waals surface area contributed by atoms with E-state index in [1.165, 1.54) is 61.8 Å². The van der Waals surface area contributed by atoms with Crippen molar-refractivity contribution in [3.8, 4) is 0 Å². The van der Waals surface area contributed by atoms with Crippen LogP contribution in [0.4, 0.5) is 0 Å². The third-order valence-corrected chi connectivity index (χ3v) is 8.53. The highest BCUT2D eigenvalue weighted by Gasteiger charge is 2.36. The summed E-state index contributed by atoms with van der Waals surface area (Å²) in [5.41, 5.74) is 2.99. The molecule has 0 saturated carbocycles. The van der Waals surface area contributed by atoms with Gasteiger partial charge in [-0.25, -0.2) is 4.98 Å². The fraction of sp³-hybridized carbons (Fsp3) is 0.591. The van der Waals surface area contributed by atoms with Crippen LogP contribution in [0.25, 0.3) is 0 Å². The highest BCUT2D eigenvalue weighted by atomic mass is 32.2. The van der Waals surface area contributed by atoms with E-state index in [1.807, 2.05) is 12.5 Å². The molecule has 2 atom stereocenters. The molecule has 1 aromatic heterocycles. The Hall–Kier alpha value is -0.870. The van der Waals surface area contributed by atoms with Gasteiger partial charge in [-0.1, -0.05) is 44.5 Å². The predicted molar refractivity (Wildman–Crippen MR) is 117 cm³/mol. The van der Waals surface area contributed by atoms with E-state index in [1.54, 1.807) is 0 Å². The van der Waals surface area contributed by atoms with E-state index in [0.717, 1.165) is 11.8 Å². The second-order valence-electron chi connectivity index (χ2n) is 7.48. The molecule has 0 N–H and O–H groups in total. The van der Waals surface area contributed by atoms with Crippen LogP contribution in [0.5, 0.6) is 0 Å². The summed E-state index contributed by atoms with van der Waals surface area (Å²) < 4.78 is 2.54. The molecule has 1 aromatic carbocycles. The highest BCUT2D eigenvalue weighted by molar-refractivity contribution is 8.19. The van der Waals surface area contributed by atoms with Gasteiger partial charge in [0.25, 0.3) is 0 Å². The van der Waals surface area contributed by atoms with Crippen molar-refractivity contribution in [3.05, 3.63) is 54.1 Å². The summed E-state index contributed by atoms with van der Waals surface area (Å²) in [5.74, 6) is 1.30. The standard InChI is InChI=1S/C22H32N2S2/c1-3-4-6-20-7-9-21(10-8-20)17-22(25-16-11-19(2)26-22)12-5-14-24-15-13-23-18-24/h7-10,13,15,18-19H,3-6,11-12,14,16-17H2,1-2H3. The van der Waals surface area contributed by atoms with E-state index in [-0.39, 0.29) is 0 Å². The van der Waals surface area contributed by atoms with E-state index in [0.29, 0.717) is 4.08 Å². The fourth-order valence-electron chi connectivity index (χ4n) is 3.65. The Morgan fingerprint density at radius 3 is 2.69 bits per heavy atom. The van der Waals surface area contributed by atoms with Gasteiger partial charge in [0.05, 0.1) is 10.4 Å². The van der Waals surface area contributed by atoms with Crippen molar-refractivity contribution in [2.45, 2.75) is 74.7 Å². The Labute approximate surface area is 167 Å². The van der Waals surface area contributed by atoms with Crippen LogP contribution in [0.15, 0.2) is 43.0 Å². The van der Waals surface area contributed by atoms with E-state index in [2.05, 4.69) is 77.4 Å². The molecule has 3 rings (SSSR count). The van der Waals surface area contributed by atoms with Gasteiger partial charge >= 0.3 is 0 Å². The third-order valence-electron chi connectivity index (χ3n) is 5.15. The lowest BCUT2D eigenvalue weighted by Gasteiger charge is -2.39. The van der Waals surface area contributed by atoms with E-state index in [4.69, 9.17) is 0 Å². The topological polar surface area (TPSA) is 17.8 Å². The number of thioether (sulfide) groups is 2. The van der Waals surface area contributed by atoms with Crippen LogP contribution >= 0.6 is 23.5 Å². The van der Waals surface area contributed by atoms with Gasteiger partial charge in [-0.3, -0.25) is 0 Å². The summed E-state index contributed by atoms with van der Waals surface area (Å²) >= 11 is 4.42. The Morgan fingerprint density at radius 1 is 1.19 bits per heavy atom. The molecule has 1 fully saturated rings. The molecule has 0 amide bonds. The summed E-state index contributed by atoms with van der Waals surface area (Å²) in [4.78, 5) is 4.17. The molecule has 26 heavy (non-hydrogen) atoms. The lowest BCUT2D eigenvalue weighted by molar-refractivity contribution is 0.573. The van der Waals surface area contributed by atoms with E-state index in [9.17, 15) is 0 Å². The molecule has 4 heteroatoms. The van der Waals surface area contributed by atoms with Crippen molar-refractivity contribution in [2.24, 2.45) is 0 Å². The van der Waals surface area contributed by atoms with Gasteiger partial charge in [-0.05, 0) is 55.4 Å². The van der Waals surface area contributed by atoms with Crippen LogP contribution in [0.2, 0.25) is 0 Å². The summed E-state index contributed by atoms with van der Waals surface area (Å²) in [6.07, 6.45) is 14.7. The molecule has 0 spiro atoms. The molecular weight excluding hydrogens is 356 g/mol. The normalized spacial score (nSPS) is 23.2. The number of benzene rings is 1. The molecular formula is C22H32N2S2. The molecule has 1 saturated heterocycles. The largest absolute Gasteiger partial charge is 0.337 e. The van der Waals surface area contributed by atoms with Crippen LogP contribution in [-0.2, 0) is 19.4 Å². The third kappa shape index (κ3) is 5.82. The van der Waals surface area contributed by atoms with Gasteiger partial charge in [-0.2, -0.15) is 0 Å². The Balaban J connectivity index is 1.63. The molecule has 142 valence electrons. The first kappa shape index (κ1) is 19.9. The van der Waals surface area contributed by atoms with Crippen LogP contribution in [0.1, 0.15) is 57.1 Å². The first-order valence-corrected chi connectivity index (χ1v) is 11.9. The number of hydrogen-bond donors (Lipinski definition) is 0. The number of nitrogens with zero attached hydrogens (tertiary/aromatic N) is 2. The lowest BCUT2D eigenvalue weighted by atomic mass is 10.0. The van der Waals surface area contributed by atoms with E-state index < -0.39 is 0 Å². The smallest absolute Gasteiger partial charge is 0.0945 e. The summed E-state index contributed by atoms with van der Waals surface area (Å²) in [7, 11) is 0. The molecule has 1 aliphatic heterocycles. The van der Waals surface area contributed by atoms with Crippen LogP contribution < -0.4 is 0 Å². The Morgan fingerprint density at radius 2 is 2.00 bits per heavy atom. The number of rotatable bonds is 9. The Bertz CT molecular complexity index is 639. The SMILES string of the molecule is CCCCc1ccc(CC2(CCCn3ccnc3)SCCC(C)S2)cc1. The number of aromatic nitrogens is 2. The van der Waals surface area contributed by atoms with Crippen molar-refractivity contribution in [1.82, 2.24) is 9.55 Å². The van der Waals surface area contributed by atoms with Gasteiger partial charge in [0.1, 0.15) is 0 Å². The minimum absolute atomic E-state index is 0.336. The minimum atomic E-state index is 0.336. The number of hydrogen-bond acceptors (Lipinski definition) is 3. The van der Waals surface area contributed by atoms with Crippen LogP contribution in [0, 0.1) is 0 Å². The van der Waals surface area contributed by atoms with Crippen LogP contribution in [0.3, 0.4) is 0 Å². The average Bonchev–Trinajstić information content (AvgIpc) is 3.14. The molecule has 2 nitrogen and oxygen atoms in total. The van der Waals surface area contributed by atoms with Crippen molar-refractivity contribution in [1.29, 1.82) is 0 Å². The first-order valence-electron chi connectivity index (χ1n) is 10.0. The van der Waals surface area contributed by atoms with Crippen LogP contribution in [-0.4, -0.2) is 24.6 Å². The summed E-state index contributed by atoms with van der Waals surface area (Å²) in [6, 6.07) is 9.46. The summed E-state index contributed by atoms with van der Waals surface area (Å²) in [6.45, 7) is 5.75. The van der Waals surface area contributed by atoms with E-state index >= 15 is 0 Å². The molecule has 0 bridgehead atoms. The minimum Gasteiger partial charge on any atom is -0.337 e. The van der Waals surface area contributed by atoms with Gasteiger partial charge < -0.3 is 4.57 Å².